The van der Waals surface area contributed by atoms with Crippen LogP contribution in [0, 0.1) is 6.92 Å². The molecule has 1 heterocycles. The van der Waals surface area contributed by atoms with Crippen LogP contribution in [0.2, 0.25) is 0 Å². The van der Waals surface area contributed by atoms with E-state index in [-0.39, 0.29) is 17.8 Å². The number of nitrogens with two attached hydrogens (primary N) is 1. The Balaban J connectivity index is 2.69. The Kier molecular flexibility index (Phi) is 4.51. The maximum absolute atomic E-state index is 12.1. The number of amidine groups is 1. The number of thiophene rings is 1. The molecule has 0 radical (unpaired) electrons. The van der Waals surface area contributed by atoms with E-state index >= 15 is 0 Å². The second-order valence-electron chi connectivity index (χ2n) is 3.97. The number of nitrogens with zero attached hydrogens (tertiary/aromatic N) is 2. The van der Waals surface area contributed by atoms with Gasteiger partial charge in [-0.3, -0.25) is 4.79 Å². The van der Waals surface area contributed by atoms with E-state index in [4.69, 9.17) is 10.9 Å². The lowest BCUT2D eigenvalue weighted by atomic mass is 10.2. The highest BCUT2D eigenvalue weighted by Crippen LogP contribution is 2.18. The minimum absolute atomic E-state index is 0.0404. The summed E-state index contributed by atoms with van der Waals surface area (Å²) in [7, 11) is 1.71. The lowest BCUT2D eigenvalue weighted by Crippen LogP contribution is -2.37. The van der Waals surface area contributed by atoms with Gasteiger partial charge in [-0.2, -0.15) is 0 Å². The minimum Gasteiger partial charge on any atom is -0.409 e. The van der Waals surface area contributed by atoms with Crippen LogP contribution in [-0.4, -0.2) is 34.9 Å². The normalized spacial score (nSPS) is 13.5. The molecule has 1 rings (SSSR count). The molecule has 1 amide bonds. The summed E-state index contributed by atoms with van der Waals surface area (Å²) in [4.78, 5) is 15.5. The molecule has 0 fully saturated rings. The first-order valence-electron chi connectivity index (χ1n) is 5.25. The Morgan fingerprint density at radius 3 is 2.76 bits per heavy atom. The summed E-state index contributed by atoms with van der Waals surface area (Å²) in [5.74, 6) is 0.0841. The van der Waals surface area contributed by atoms with Gasteiger partial charge in [-0.1, -0.05) is 5.16 Å². The lowest BCUT2D eigenvalue weighted by Gasteiger charge is -2.23. The average molecular weight is 255 g/mol. The van der Waals surface area contributed by atoms with Crippen molar-refractivity contribution in [3.63, 3.8) is 0 Å². The number of carbonyl (C=O) groups is 1. The van der Waals surface area contributed by atoms with Gasteiger partial charge in [0.05, 0.1) is 4.88 Å². The van der Waals surface area contributed by atoms with Crippen LogP contribution in [0.5, 0.6) is 0 Å². The molecule has 0 aromatic carbocycles. The number of hydrogen-bond donors (Lipinski definition) is 2. The standard InChI is InChI=1S/C11H17N3O2S/c1-7(6-10(12)13-16)14(3)11(15)9-5-4-8(2)17-9/h4-5,7,16H,6H2,1-3H3,(H2,12,13). The van der Waals surface area contributed by atoms with Crippen molar-refractivity contribution in [2.75, 3.05) is 7.05 Å². The monoisotopic (exact) mass is 255 g/mol. The van der Waals surface area contributed by atoms with Crippen LogP contribution in [0.15, 0.2) is 17.3 Å². The van der Waals surface area contributed by atoms with Gasteiger partial charge >= 0.3 is 0 Å². The van der Waals surface area contributed by atoms with Crippen molar-refractivity contribution in [1.82, 2.24) is 4.90 Å². The Morgan fingerprint density at radius 1 is 1.65 bits per heavy atom. The van der Waals surface area contributed by atoms with E-state index in [0.717, 1.165) is 4.88 Å². The number of oxime groups is 1. The maximum atomic E-state index is 12.1. The van der Waals surface area contributed by atoms with E-state index in [0.29, 0.717) is 11.3 Å². The second-order valence-corrected chi connectivity index (χ2v) is 5.26. The quantitative estimate of drug-likeness (QED) is 0.371. The van der Waals surface area contributed by atoms with E-state index in [9.17, 15) is 4.79 Å². The summed E-state index contributed by atoms with van der Waals surface area (Å²) in [6, 6.07) is 3.62. The number of hydrogen-bond acceptors (Lipinski definition) is 4. The Labute approximate surface area is 105 Å². The molecule has 6 heteroatoms. The smallest absolute Gasteiger partial charge is 0.263 e. The highest BCUT2D eigenvalue weighted by molar-refractivity contribution is 7.13. The summed E-state index contributed by atoms with van der Waals surface area (Å²) in [5.41, 5.74) is 5.42. The molecule has 0 aliphatic rings. The SMILES string of the molecule is Cc1ccc(C(=O)N(C)C(C)C/C(N)=N/O)s1. The molecule has 1 aromatic heterocycles. The van der Waals surface area contributed by atoms with Crippen LogP contribution in [0.1, 0.15) is 27.9 Å². The highest BCUT2D eigenvalue weighted by Gasteiger charge is 2.19. The topological polar surface area (TPSA) is 78.9 Å². The van der Waals surface area contributed by atoms with Gasteiger partial charge < -0.3 is 15.8 Å². The number of amides is 1. The third-order valence-electron chi connectivity index (χ3n) is 2.57. The van der Waals surface area contributed by atoms with Gasteiger partial charge in [-0.25, -0.2) is 0 Å². The summed E-state index contributed by atoms with van der Waals surface area (Å²) < 4.78 is 0. The molecular formula is C11H17N3O2S. The lowest BCUT2D eigenvalue weighted by molar-refractivity contribution is 0.0752. The van der Waals surface area contributed by atoms with Crippen molar-refractivity contribution < 1.29 is 10.0 Å². The fourth-order valence-corrected chi connectivity index (χ4v) is 2.25. The van der Waals surface area contributed by atoms with Gasteiger partial charge in [0, 0.05) is 24.4 Å². The number of rotatable bonds is 4. The fourth-order valence-electron chi connectivity index (χ4n) is 1.40. The van der Waals surface area contributed by atoms with Crippen LogP contribution >= 0.6 is 11.3 Å². The van der Waals surface area contributed by atoms with E-state index in [2.05, 4.69) is 5.16 Å². The molecule has 1 unspecified atom stereocenters. The van der Waals surface area contributed by atoms with Crippen molar-refractivity contribution in [2.45, 2.75) is 26.3 Å². The van der Waals surface area contributed by atoms with Gasteiger partial charge in [-0.05, 0) is 26.0 Å². The molecule has 0 saturated heterocycles. The first kappa shape index (κ1) is 13.5. The Morgan fingerprint density at radius 2 is 2.29 bits per heavy atom. The molecule has 1 atom stereocenters. The molecule has 0 bridgehead atoms. The van der Waals surface area contributed by atoms with Crippen molar-refractivity contribution in [1.29, 1.82) is 0 Å². The molecule has 0 aliphatic carbocycles. The van der Waals surface area contributed by atoms with Gasteiger partial charge in [0.2, 0.25) is 0 Å². The minimum atomic E-state index is -0.110. The summed E-state index contributed by atoms with van der Waals surface area (Å²) in [6.07, 6.45) is 0.350. The van der Waals surface area contributed by atoms with Gasteiger partial charge in [0.15, 0.2) is 0 Å². The average Bonchev–Trinajstić information content (AvgIpc) is 2.73. The molecule has 17 heavy (non-hydrogen) atoms. The maximum Gasteiger partial charge on any atom is 0.263 e. The summed E-state index contributed by atoms with van der Waals surface area (Å²) >= 11 is 1.46. The van der Waals surface area contributed by atoms with Crippen molar-refractivity contribution in [3.05, 3.63) is 21.9 Å². The fraction of sp³-hybridized carbons (Fsp3) is 0.455. The van der Waals surface area contributed by atoms with Gasteiger partial charge in [0.25, 0.3) is 5.91 Å². The third kappa shape index (κ3) is 3.45. The largest absolute Gasteiger partial charge is 0.409 e. The molecular weight excluding hydrogens is 238 g/mol. The first-order valence-corrected chi connectivity index (χ1v) is 6.07. The molecule has 3 N–H and O–H groups in total. The molecule has 0 spiro atoms. The van der Waals surface area contributed by atoms with Crippen molar-refractivity contribution in [3.8, 4) is 0 Å². The van der Waals surface area contributed by atoms with Crippen LogP contribution in [0.25, 0.3) is 0 Å². The molecule has 0 aliphatic heterocycles. The molecule has 5 nitrogen and oxygen atoms in total. The zero-order valence-electron chi connectivity index (χ0n) is 10.2. The van der Waals surface area contributed by atoms with Crippen LogP contribution in [-0.2, 0) is 0 Å². The zero-order valence-corrected chi connectivity index (χ0v) is 11.0. The Hall–Kier alpha value is -1.56. The zero-order chi connectivity index (χ0) is 13.0. The van der Waals surface area contributed by atoms with E-state index < -0.39 is 0 Å². The number of carbonyl (C=O) groups excluding carboxylic acids is 1. The predicted molar refractivity (Wildman–Crippen MR) is 68.6 cm³/mol. The van der Waals surface area contributed by atoms with E-state index in [1.807, 2.05) is 26.0 Å². The first-order chi connectivity index (χ1) is 7.95. The van der Waals surface area contributed by atoms with Gasteiger partial charge in [0.1, 0.15) is 5.84 Å². The summed E-state index contributed by atoms with van der Waals surface area (Å²) in [6.45, 7) is 3.82. The third-order valence-corrected chi connectivity index (χ3v) is 3.55. The van der Waals surface area contributed by atoms with Crippen molar-refractivity contribution in [2.24, 2.45) is 10.9 Å². The van der Waals surface area contributed by atoms with E-state index in [1.165, 1.54) is 11.3 Å². The molecule has 0 saturated carbocycles. The van der Waals surface area contributed by atoms with E-state index in [1.54, 1.807) is 11.9 Å². The highest BCUT2D eigenvalue weighted by atomic mass is 32.1. The van der Waals surface area contributed by atoms with Crippen molar-refractivity contribution >= 4 is 23.1 Å². The van der Waals surface area contributed by atoms with Crippen LogP contribution < -0.4 is 5.73 Å². The van der Waals surface area contributed by atoms with Crippen LogP contribution in [0.3, 0.4) is 0 Å². The predicted octanol–water partition coefficient (Wildman–Crippen LogP) is 1.65. The number of aryl methyl sites for hydroxylation is 1. The van der Waals surface area contributed by atoms with Crippen LogP contribution in [0.4, 0.5) is 0 Å². The summed E-state index contributed by atoms with van der Waals surface area (Å²) in [5, 5.41) is 11.4. The Bertz CT molecular complexity index is 428. The molecule has 1 aromatic rings. The second kappa shape index (κ2) is 5.67. The van der Waals surface area contributed by atoms with Gasteiger partial charge in [-0.15, -0.1) is 11.3 Å². The molecule has 94 valence electrons.